The van der Waals surface area contributed by atoms with E-state index in [2.05, 4.69) is 20.8 Å². The van der Waals surface area contributed by atoms with Crippen LogP contribution in [-0.2, 0) is 9.47 Å². The zero-order valence-corrected chi connectivity index (χ0v) is 16.4. The molecule has 132 valence electrons. The summed E-state index contributed by atoms with van der Waals surface area (Å²) < 4.78 is 12.6. The van der Waals surface area contributed by atoms with Crippen LogP contribution in [0.4, 0.5) is 0 Å². The van der Waals surface area contributed by atoms with Gasteiger partial charge in [-0.25, -0.2) is 0 Å². The Hall–Kier alpha value is 0.160. The van der Waals surface area contributed by atoms with Crippen LogP contribution >= 0.6 is 24.0 Å². The van der Waals surface area contributed by atoms with E-state index in [1.807, 2.05) is 6.26 Å². The van der Waals surface area contributed by atoms with Gasteiger partial charge in [-0.1, -0.05) is 25.6 Å². The molecule has 0 aromatic carbocycles. The molecule has 1 heterocycles. The van der Waals surface area contributed by atoms with Gasteiger partial charge in [0.05, 0.1) is 18.3 Å². The van der Waals surface area contributed by atoms with Gasteiger partial charge in [-0.2, -0.15) is 0 Å². The molecule has 1 N–H and O–H groups in total. The molecule has 3 nitrogen and oxygen atoms in total. The van der Waals surface area contributed by atoms with Crippen molar-refractivity contribution in [3.8, 4) is 0 Å². The van der Waals surface area contributed by atoms with Crippen molar-refractivity contribution >= 4 is 28.4 Å². The van der Waals surface area contributed by atoms with Crippen LogP contribution in [0, 0.1) is 22.7 Å². The van der Waals surface area contributed by atoms with E-state index in [0.717, 1.165) is 38.7 Å². The van der Waals surface area contributed by atoms with E-state index in [4.69, 9.17) is 21.7 Å². The second-order valence-corrected chi connectivity index (χ2v) is 9.81. The Kier molecular flexibility index (Phi) is 4.81. The summed E-state index contributed by atoms with van der Waals surface area (Å²) in [5.41, 5.74) is 0.0302. The van der Waals surface area contributed by atoms with Crippen molar-refractivity contribution in [2.75, 3.05) is 19.5 Å². The first-order valence-electron chi connectivity index (χ1n) is 8.79. The number of thioether (sulfide) groups is 1. The summed E-state index contributed by atoms with van der Waals surface area (Å²) in [6.07, 6.45) is 6.92. The first-order valence-corrected chi connectivity index (χ1v) is 10.4. The molecule has 23 heavy (non-hydrogen) atoms. The second-order valence-electron chi connectivity index (χ2n) is 8.40. The third-order valence-electron chi connectivity index (χ3n) is 7.28. The Bertz CT molecular complexity index is 485. The van der Waals surface area contributed by atoms with Crippen molar-refractivity contribution in [2.45, 2.75) is 64.6 Å². The van der Waals surface area contributed by atoms with Crippen molar-refractivity contribution in [3.05, 3.63) is 0 Å². The maximum Gasteiger partial charge on any atom is 0.219 e. The van der Waals surface area contributed by atoms with Crippen LogP contribution in [0.1, 0.15) is 52.9 Å². The molecule has 2 aliphatic carbocycles. The number of thiocarbonyl (C=S) groups is 1. The van der Waals surface area contributed by atoms with E-state index in [-0.39, 0.29) is 22.5 Å². The molecule has 3 aliphatic rings. The van der Waals surface area contributed by atoms with E-state index in [9.17, 15) is 5.11 Å². The lowest BCUT2D eigenvalue weighted by molar-refractivity contribution is -0.193. The first kappa shape index (κ1) is 18.0. The van der Waals surface area contributed by atoms with Crippen LogP contribution in [-0.4, -0.2) is 40.7 Å². The molecule has 0 aromatic rings. The van der Waals surface area contributed by atoms with Crippen LogP contribution in [0.2, 0.25) is 0 Å². The number of ether oxygens (including phenoxy) is 2. The molecule has 0 bridgehead atoms. The molecule has 1 saturated heterocycles. The van der Waals surface area contributed by atoms with Gasteiger partial charge in [-0.3, -0.25) is 0 Å². The maximum atomic E-state index is 10.8. The maximum absolute atomic E-state index is 10.8. The van der Waals surface area contributed by atoms with Crippen LogP contribution in [0.3, 0.4) is 0 Å². The van der Waals surface area contributed by atoms with Gasteiger partial charge in [0.15, 0.2) is 0 Å². The van der Waals surface area contributed by atoms with Gasteiger partial charge in [0, 0.05) is 12.0 Å². The van der Waals surface area contributed by atoms with Gasteiger partial charge in [0.25, 0.3) is 0 Å². The fraction of sp³-hybridized carbons (Fsp3) is 0.944. The summed E-state index contributed by atoms with van der Waals surface area (Å²) in [5, 5.41) is 10.8. The summed E-state index contributed by atoms with van der Waals surface area (Å²) in [7, 11) is 0. The molecule has 6 atom stereocenters. The van der Waals surface area contributed by atoms with E-state index in [1.165, 1.54) is 11.8 Å². The van der Waals surface area contributed by atoms with Crippen molar-refractivity contribution in [3.63, 3.8) is 0 Å². The van der Waals surface area contributed by atoms with E-state index < -0.39 is 0 Å². The molecule has 3 rings (SSSR count). The predicted octanol–water partition coefficient (Wildman–Crippen LogP) is 4.02. The van der Waals surface area contributed by atoms with Crippen molar-refractivity contribution in [1.29, 1.82) is 0 Å². The summed E-state index contributed by atoms with van der Waals surface area (Å²) in [6.45, 7) is 8.36. The fourth-order valence-electron chi connectivity index (χ4n) is 6.00. The molecule has 0 spiro atoms. The molecule has 0 aromatic heterocycles. The van der Waals surface area contributed by atoms with Crippen LogP contribution in [0.5, 0.6) is 0 Å². The topological polar surface area (TPSA) is 38.7 Å². The van der Waals surface area contributed by atoms with E-state index in [1.54, 1.807) is 0 Å². The molecule has 0 amide bonds. The summed E-state index contributed by atoms with van der Waals surface area (Å²) >= 11 is 6.68. The standard InChI is InChI=1S/C18H30O3S2/c1-16-8-6-14(19)17(2,11-20-15(22)23-4)12(16)5-9-18(3)13(16)7-10-21-18/h12-14,19H,5-11H2,1-4H3/t12-,13-,14+,16+,17-,18-/m1/s1. The Morgan fingerprint density at radius 1 is 1.22 bits per heavy atom. The van der Waals surface area contributed by atoms with Gasteiger partial charge in [-0.15, -0.1) is 0 Å². The van der Waals surface area contributed by atoms with Crippen LogP contribution in [0.15, 0.2) is 0 Å². The highest BCUT2D eigenvalue weighted by atomic mass is 32.2. The first-order chi connectivity index (χ1) is 10.8. The molecule has 0 radical (unpaired) electrons. The van der Waals surface area contributed by atoms with Gasteiger partial charge >= 0.3 is 0 Å². The molecule has 0 unspecified atom stereocenters. The number of fused-ring (bicyclic) bond motifs is 3. The average Bonchev–Trinajstić information content (AvgIpc) is 2.92. The SMILES string of the molecule is CSC(=S)OC[C@]1(C)[C@@H]2CC[C@@]3(C)OCC[C@@H]3[C@@]2(C)CC[C@@H]1O. The number of rotatable bonds is 2. The largest absolute Gasteiger partial charge is 0.478 e. The zero-order chi connectivity index (χ0) is 16.9. The quantitative estimate of drug-likeness (QED) is 0.755. The third-order valence-corrected chi connectivity index (χ3v) is 8.35. The number of hydrogen-bond donors (Lipinski definition) is 1. The Labute approximate surface area is 149 Å². The zero-order valence-electron chi connectivity index (χ0n) is 14.8. The van der Waals surface area contributed by atoms with Crippen LogP contribution < -0.4 is 0 Å². The smallest absolute Gasteiger partial charge is 0.219 e. The third kappa shape index (κ3) is 2.76. The van der Waals surface area contributed by atoms with Crippen molar-refractivity contribution in [2.24, 2.45) is 22.7 Å². The van der Waals surface area contributed by atoms with Gasteiger partial charge in [0.2, 0.25) is 4.38 Å². The molecule has 1 aliphatic heterocycles. The number of aliphatic hydroxyl groups excluding tert-OH is 1. The highest BCUT2D eigenvalue weighted by Gasteiger charge is 2.63. The normalized spacial score (nSPS) is 49.3. The van der Waals surface area contributed by atoms with Gasteiger partial charge < -0.3 is 14.6 Å². The van der Waals surface area contributed by atoms with E-state index in [0.29, 0.717) is 22.8 Å². The van der Waals surface area contributed by atoms with Gasteiger partial charge in [0.1, 0.15) is 0 Å². The number of hydrogen-bond acceptors (Lipinski definition) is 5. The molecule has 2 saturated carbocycles. The molecule has 3 fully saturated rings. The lowest BCUT2D eigenvalue weighted by Gasteiger charge is -2.61. The highest BCUT2D eigenvalue weighted by Crippen LogP contribution is 2.64. The minimum absolute atomic E-state index is 0.0316. The molecular formula is C18H30O3S2. The fourth-order valence-corrected chi connectivity index (χ4v) is 6.24. The average molecular weight is 359 g/mol. The lowest BCUT2D eigenvalue weighted by atomic mass is 9.45. The minimum Gasteiger partial charge on any atom is -0.478 e. The summed E-state index contributed by atoms with van der Waals surface area (Å²) in [6, 6.07) is 0. The van der Waals surface area contributed by atoms with Crippen LogP contribution in [0.25, 0.3) is 0 Å². The second kappa shape index (κ2) is 6.15. The van der Waals surface area contributed by atoms with Gasteiger partial charge in [-0.05, 0) is 74.8 Å². The van der Waals surface area contributed by atoms with Crippen molar-refractivity contribution < 1.29 is 14.6 Å². The number of aliphatic hydroxyl groups is 1. The summed E-state index contributed by atoms with van der Waals surface area (Å²) in [4.78, 5) is 0. The lowest BCUT2D eigenvalue weighted by Crippen LogP contribution is -2.61. The minimum atomic E-state index is -0.308. The monoisotopic (exact) mass is 358 g/mol. The molecule has 5 heteroatoms. The summed E-state index contributed by atoms with van der Waals surface area (Å²) in [5.74, 6) is 1.05. The van der Waals surface area contributed by atoms with E-state index >= 15 is 0 Å². The highest BCUT2D eigenvalue weighted by molar-refractivity contribution is 8.22. The Morgan fingerprint density at radius 2 is 1.96 bits per heavy atom. The molecular weight excluding hydrogens is 328 g/mol. The Balaban J connectivity index is 1.88. The van der Waals surface area contributed by atoms with Crippen molar-refractivity contribution in [1.82, 2.24) is 0 Å². The predicted molar refractivity (Wildman–Crippen MR) is 98.7 cm³/mol. The Morgan fingerprint density at radius 3 is 2.65 bits per heavy atom.